The summed E-state index contributed by atoms with van der Waals surface area (Å²) in [4.78, 5) is 12.1. The van der Waals surface area contributed by atoms with Crippen LogP contribution in [-0.4, -0.2) is 18.7 Å². The van der Waals surface area contributed by atoms with Crippen LogP contribution in [0.4, 0.5) is 0 Å². The molecular formula is C24H22Br2N2O3. The van der Waals surface area contributed by atoms with E-state index in [0.717, 1.165) is 25.6 Å². The van der Waals surface area contributed by atoms with E-state index in [2.05, 4.69) is 42.4 Å². The first-order chi connectivity index (χ1) is 15.0. The molecule has 0 unspecified atom stereocenters. The van der Waals surface area contributed by atoms with E-state index in [4.69, 9.17) is 9.47 Å². The summed E-state index contributed by atoms with van der Waals surface area (Å²) < 4.78 is 13.5. The number of nitrogens with zero attached hydrogens (tertiary/aromatic N) is 1. The SMILES string of the molecule is CCOc1cc(/C=N/NC(=O)Cc2ccccc2)c(Br)cc1OCc1ccc(Br)cc1. The lowest BCUT2D eigenvalue weighted by molar-refractivity contribution is -0.120. The average Bonchev–Trinajstić information content (AvgIpc) is 2.76. The van der Waals surface area contributed by atoms with Crippen molar-refractivity contribution >= 4 is 44.0 Å². The molecule has 3 aromatic carbocycles. The lowest BCUT2D eigenvalue weighted by atomic mass is 10.1. The fraction of sp³-hybridized carbons (Fsp3) is 0.167. The number of hydrazone groups is 1. The quantitative estimate of drug-likeness (QED) is 0.270. The molecule has 0 saturated carbocycles. The van der Waals surface area contributed by atoms with Gasteiger partial charge in [-0.3, -0.25) is 4.79 Å². The largest absolute Gasteiger partial charge is 0.490 e. The highest BCUT2D eigenvalue weighted by Gasteiger charge is 2.11. The minimum absolute atomic E-state index is 0.182. The second-order valence-electron chi connectivity index (χ2n) is 6.62. The van der Waals surface area contributed by atoms with Crippen molar-refractivity contribution in [2.24, 2.45) is 5.10 Å². The van der Waals surface area contributed by atoms with Gasteiger partial charge < -0.3 is 9.47 Å². The Morgan fingerprint density at radius 3 is 2.39 bits per heavy atom. The van der Waals surface area contributed by atoms with E-state index in [9.17, 15) is 4.79 Å². The normalized spacial score (nSPS) is 10.8. The number of benzene rings is 3. The monoisotopic (exact) mass is 544 g/mol. The Labute approximate surface area is 198 Å². The fourth-order valence-electron chi connectivity index (χ4n) is 2.77. The molecule has 31 heavy (non-hydrogen) atoms. The van der Waals surface area contributed by atoms with Crippen LogP contribution in [0.25, 0.3) is 0 Å². The molecule has 1 amide bonds. The zero-order valence-electron chi connectivity index (χ0n) is 17.0. The maximum atomic E-state index is 12.1. The van der Waals surface area contributed by atoms with Gasteiger partial charge in [-0.25, -0.2) is 5.43 Å². The first kappa shape index (κ1) is 23.0. The van der Waals surface area contributed by atoms with E-state index < -0.39 is 0 Å². The zero-order chi connectivity index (χ0) is 22.1. The molecule has 0 spiro atoms. The van der Waals surface area contributed by atoms with Crippen molar-refractivity contribution in [2.75, 3.05) is 6.61 Å². The maximum Gasteiger partial charge on any atom is 0.244 e. The maximum absolute atomic E-state index is 12.1. The summed E-state index contributed by atoms with van der Waals surface area (Å²) in [5.74, 6) is 1.06. The predicted octanol–water partition coefficient (Wildman–Crippen LogP) is 5.88. The molecule has 0 atom stereocenters. The average molecular weight is 546 g/mol. The molecule has 0 aliphatic heterocycles. The Kier molecular flexibility index (Phi) is 8.67. The van der Waals surface area contributed by atoms with Crippen molar-refractivity contribution in [3.63, 3.8) is 0 Å². The number of nitrogens with one attached hydrogen (secondary N) is 1. The van der Waals surface area contributed by atoms with Crippen molar-refractivity contribution in [1.29, 1.82) is 0 Å². The highest BCUT2D eigenvalue weighted by Crippen LogP contribution is 2.34. The third-order valence-electron chi connectivity index (χ3n) is 4.27. The second kappa shape index (κ2) is 11.7. The number of ether oxygens (including phenoxy) is 2. The molecule has 3 aromatic rings. The minimum atomic E-state index is -0.182. The van der Waals surface area contributed by atoms with Gasteiger partial charge in [-0.1, -0.05) is 58.4 Å². The third-order valence-corrected chi connectivity index (χ3v) is 5.49. The molecule has 1 N–H and O–H groups in total. The Balaban J connectivity index is 1.66. The van der Waals surface area contributed by atoms with Gasteiger partial charge in [-0.15, -0.1) is 0 Å². The van der Waals surface area contributed by atoms with Gasteiger partial charge in [-0.05, 0) is 58.2 Å². The van der Waals surface area contributed by atoms with Crippen LogP contribution in [0.5, 0.6) is 11.5 Å². The zero-order valence-corrected chi connectivity index (χ0v) is 20.1. The molecule has 0 bridgehead atoms. The Bertz CT molecular complexity index is 1040. The summed E-state index contributed by atoms with van der Waals surface area (Å²) in [5, 5.41) is 4.08. The highest BCUT2D eigenvalue weighted by atomic mass is 79.9. The van der Waals surface area contributed by atoms with Crippen molar-refractivity contribution < 1.29 is 14.3 Å². The van der Waals surface area contributed by atoms with Gasteiger partial charge >= 0.3 is 0 Å². The number of amides is 1. The number of halogens is 2. The van der Waals surface area contributed by atoms with Crippen molar-refractivity contribution in [3.8, 4) is 11.5 Å². The summed E-state index contributed by atoms with van der Waals surface area (Å²) in [5.41, 5.74) is 5.30. The molecule has 0 radical (unpaired) electrons. The summed E-state index contributed by atoms with van der Waals surface area (Å²) in [6.07, 6.45) is 1.85. The molecule has 0 aliphatic rings. The highest BCUT2D eigenvalue weighted by molar-refractivity contribution is 9.10. The molecular weight excluding hydrogens is 524 g/mol. The Hall–Kier alpha value is -2.64. The van der Waals surface area contributed by atoms with E-state index in [1.807, 2.05) is 73.7 Å². The van der Waals surface area contributed by atoms with Crippen molar-refractivity contribution in [1.82, 2.24) is 5.43 Å². The van der Waals surface area contributed by atoms with Gasteiger partial charge in [-0.2, -0.15) is 5.10 Å². The molecule has 7 heteroatoms. The molecule has 0 heterocycles. The molecule has 5 nitrogen and oxygen atoms in total. The van der Waals surface area contributed by atoms with Crippen molar-refractivity contribution in [3.05, 3.63) is 92.4 Å². The van der Waals surface area contributed by atoms with Gasteiger partial charge in [0.1, 0.15) is 6.61 Å². The second-order valence-corrected chi connectivity index (χ2v) is 8.39. The number of hydrogen-bond donors (Lipinski definition) is 1. The van der Waals surface area contributed by atoms with Gasteiger partial charge in [0.25, 0.3) is 0 Å². The minimum Gasteiger partial charge on any atom is -0.490 e. The standard InChI is InChI=1S/C24H22Br2N2O3/c1-2-30-22-13-19(15-27-28-24(29)12-17-6-4-3-5-7-17)21(26)14-23(22)31-16-18-8-10-20(25)11-9-18/h3-11,13-15H,2,12,16H2,1H3,(H,28,29)/b27-15+. The summed E-state index contributed by atoms with van der Waals surface area (Å²) in [6, 6.07) is 21.2. The first-order valence-electron chi connectivity index (χ1n) is 9.74. The number of carbonyl (C=O) groups excluding carboxylic acids is 1. The molecule has 0 aromatic heterocycles. The molecule has 0 aliphatic carbocycles. The van der Waals surface area contributed by atoms with Crippen LogP contribution in [0.3, 0.4) is 0 Å². The van der Waals surface area contributed by atoms with Crippen LogP contribution < -0.4 is 14.9 Å². The smallest absolute Gasteiger partial charge is 0.244 e. The lowest BCUT2D eigenvalue weighted by Crippen LogP contribution is -2.19. The topological polar surface area (TPSA) is 59.9 Å². The van der Waals surface area contributed by atoms with Crippen LogP contribution in [0.2, 0.25) is 0 Å². The Morgan fingerprint density at radius 1 is 0.968 bits per heavy atom. The first-order valence-corrected chi connectivity index (χ1v) is 11.3. The molecule has 3 rings (SSSR count). The van der Waals surface area contributed by atoms with Crippen LogP contribution >= 0.6 is 31.9 Å². The van der Waals surface area contributed by atoms with E-state index >= 15 is 0 Å². The molecule has 0 fully saturated rings. The van der Waals surface area contributed by atoms with Crippen LogP contribution in [0.15, 0.2) is 80.8 Å². The van der Waals surface area contributed by atoms with E-state index in [0.29, 0.717) is 24.7 Å². The Morgan fingerprint density at radius 2 is 1.68 bits per heavy atom. The summed E-state index contributed by atoms with van der Waals surface area (Å²) >= 11 is 6.97. The van der Waals surface area contributed by atoms with E-state index in [1.165, 1.54) is 0 Å². The van der Waals surface area contributed by atoms with Crippen LogP contribution in [0.1, 0.15) is 23.6 Å². The predicted molar refractivity (Wildman–Crippen MR) is 130 cm³/mol. The molecule has 160 valence electrons. The molecule has 0 saturated heterocycles. The van der Waals surface area contributed by atoms with Gasteiger partial charge in [0.15, 0.2) is 11.5 Å². The van der Waals surface area contributed by atoms with Gasteiger partial charge in [0.2, 0.25) is 5.91 Å². The van der Waals surface area contributed by atoms with Gasteiger partial charge in [0, 0.05) is 14.5 Å². The van der Waals surface area contributed by atoms with E-state index in [-0.39, 0.29) is 12.3 Å². The van der Waals surface area contributed by atoms with E-state index in [1.54, 1.807) is 6.21 Å². The summed E-state index contributed by atoms with van der Waals surface area (Å²) in [7, 11) is 0. The summed E-state index contributed by atoms with van der Waals surface area (Å²) in [6.45, 7) is 2.83. The van der Waals surface area contributed by atoms with Crippen LogP contribution in [-0.2, 0) is 17.8 Å². The third kappa shape index (κ3) is 7.22. The van der Waals surface area contributed by atoms with Gasteiger partial charge in [0.05, 0.1) is 19.2 Å². The number of hydrogen-bond acceptors (Lipinski definition) is 4. The fourth-order valence-corrected chi connectivity index (χ4v) is 3.46. The number of carbonyl (C=O) groups is 1. The van der Waals surface area contributed by atoms with Crippen LogP contribution in [0, 0.1) is 0 Å². The van der Waals surface area contributed by atoms with Crippen molar-refractivity contribution in [2.45, 2.75) is 20.0 Å². The lowest BCUT2D eigenvalue weighted by Gasteiger charge is -2.14. The number of rotatable bonds is 9.